The predicted octanol–water partition coefficient (Wildman–Crippen LogP) is 1.46. The molecule has 0 spiro atoms. The molecular weight excluding hydrogens is 238 g/mol. The highest BCUT2D eigenvalue weighted by Gasteiger charge is 2.34. The summed E-state index contributed by atoms with van der Waals surface area (Å²) in [6.07, 6.45) is 2.56. The van der Waals surface area contributed by atoms with Gasteiger partial charge in [0.15, 0.2) is 9.84 Å². The fourth-order valence-electron chi connectivity index (χ4n) is 2.15. The van der Waals surface area contributed by atoms with E-state index in [9.17, 15) is 13.2 Å². The van der Waals surface area contributed by atoms with Crippen molar-refractivity contribution >= 4 is 15.7 Å². The second-order valence-corrected chi connectivity index (χ2v) is 7.33. The molecule has 0 radical (unpaired) electrons. The number of hydrogen-bond acceptors (Lipinski definition) is 3. The smallest absolute Gasteiger partial charge is 0.225 e. The van der Waals surface area contributed by atoms with Gasteiger partial charge in [0.1, 0.15) is 0 Å². The van der Waals surface area contributed by atoms with E-state index in [1.165, 1.54) is 0 Å². The van der Waals surface area contributed by atoms with Crippen LogP contribution in [0.5, 0.6) is 0 Å². The Morgan fingerprint density at radius 3 is 2.47 bits per heavy atom. The largest absolute Gasteiger partial charge is 0.338 e. The molecule has 100 valence electrons. The van der Waals surface area contributed by atoms with Gasteiger partial charge in [0.2, 0.25) is 5.91 Å². The highest BCUT2D eigenvalue weighted by molar-refractivity contribution is 7.91. The average molecular weight is 261 g/mol. The molecule has 1 fully saturated rings. The number of amides is 1. The van der Waals surface area contributed by atoms with Gasteiger partial charge in [-0.15, -0.1) is 0 Å². The first-order chi connectivity index (χ1) is 7.87. The van der Waals surface area contributed by atoms with Crippen LogP contribution in [0.3, 0.4) is 0 Å². The number of sulfone groups is 1. The highest BCUT2D eigenvalue weighted by Crippen LogP contribution is 2.20. The van der Waals surface area contributed by atoms with Gasteiger partial charge in [-0.2, -0.15) is 0 Å². The zero-order valence-electron chi connectivity index (χ0n) is 11.0. The minimum atomic E-state index is -2.92. The van der Waals surface area contributed by atoms with E-state index in [0.717, 1.165) is 12.8 Å². The standard InChI is InChI=1S/C12H23NO3S/c1-4-5-7-13(12(14)10(2)3)11-6-8-17(15,16)9-11/h10-11H,4-9H2,1-3H3. The van der Waals surface area contributed by atoms with Gasteiger partial charge in [-0.05, 0) is 12.8 Å². The van der Waals surface area contributed by atoms with Gasteiger partial charge in [-0.3, -0.25) is 4.79 Å². The molecule has 1 aliphatic heterocycles. The first-order valence-corrected chi connectivity index (χ1v) is 8.20. The second-order valence-electron chi connectivity index (χ2n) is 5.10. The van der Waals surface area contributed by atoms with Crippen molar-refractivity contribution in [3.8, 4) is 0 Å². The zero-order chi connectivity index (χ0) is 13.1. The van der Waals surface area contributed by atoms with Gasteiger partial charge in [-0.1, -0.05) is 27.2 Å². The Hall–Kier alpha value is -0.580. The first kappa shape index (κ1) is 14.5. The van der Waals surface area contributed by atoms with Gasteiger partial charge in [0.25, 0.3) is 0 Å². The van der Waals surface area contributed by atoms with Crippen molar-refractivity contribution in [3.63, 3.8) is 0 Å². The van der Waals surface area contributed by atoms with Crippen LogP contribution < -0.4 is 0 Å². The lowest BCUT2D eigenvalue weighted by atomic mass is 10.1. The third-order valence-corrected chi connectivity index (χ3v) is 4.93. The van der Waals surface area contributed by atoms with Crippen LogP contribution in [-0.4, -0.2) is 43.3 Å². The molecule has 1 aliphatic rings. The molecule has 0 N–H and O–H groups in total. The molecule has 1 saturated heterocycles. The number of unbranched alkanes of at least 4 members (excludes halogenated alkanes) is 1. The SMILES string of the molecule is CCCCN(C(=O)C(C)C)C1CCS(=O)(=O)C1. The van der Waals surface area contributed by atoms with Crippen LogP contribution in [0.1, 0.15) is 40.0 Å². The molecule has 1 heterocycles. The van der Waals surface area contributed by atoms with Crippen LogP contribution in [0.25, 0.3) is 0 Å². The van der Waals surface area contributed by atoms with Crippen LogP contribution in [-0.2, 0) is 14.6 Å². The molecule has 0 aromatic rings. The van der Waals surface area contributed by atoms with Crippen molar-refractivity contribution < 1.29 is 13.2 Å². The number of hydrogen-bond donors (Lipinski definition) is 0. The lowest BCUT2D eigenvalue weighted by Crippen LogP contribution is -2.43. The fourth-order valence-corrected chi connectivity index (χ4v) is 3.88. The van der Waals surface area contributed by atoms with Gasteiger partial charge >= 0.3 is 0 Å². The molecule has 1 atom stereocenters. The lowest BCUT2D eigenvalue weighted by Gasteiger charge is -2.29. The topological polar surface area (TPSA) is 54.5 Å². The average Bonchev–Trinajstić information content (AvgIpc) is 2.59. The van der Waals surface area contributed by atoms with E-state index >= 15 is 0 Å². The van der Waals surface area contributed by atoms with Crippen LogP contribution >= 0.6 is 0 Å². The molecule has 0 aromatic carbocycles. The number of rotatable bonds is 5. The van der Waals surface area contributed by atoms with Crippen molar-refractivity contribution in [1.82, 2.24) is 4.90 Å². The Morgan fingerprint density at radius 2 is 2.06 bits per heavy atom. The predicted molar refractivity (Wildman–Crippen MR) is 68.5 cm³/mol. The van der Waals surface area contributed by atoms with E-state index in [1.807, 2.05) is 13.8 Å². The van der Waals surface area contributed by atoms with Crippen molar-refractivity contribution in [1.29, 1.82) is 0 Å². The maximum Gasteiger partial charge on any atom is 0.225 e. The van der Waals surface area contributed by atoms with Crippen LogP contribution in [0, 0.1) is 5.92 Å². The molecule has 0 saturated carbocycles. The molecular formula is C12H23NO3S. The summed E-state index contributed by atoms with van der Waals surface area (Å²) >= 11 is 0. The Bertz CT molecular complexity index is 362. The first-order valence-electron chi connectivity index (χ1n) is 6.38. The summed E-state index contributed by atoms with van der Waals surface area (Å²) in [6.45, 7) is 6.49. The van der Waals surface area contributed by atoms with Crippen LogP contribution in [0.2, 0.25) is 0 Å². The summed E-state index contributed by atoms with van der Waals surface area (Å²) in [5.41, 5.74) is 0. The van der Waals surface area contributed by atoms with E-state index in [1.54, 1.807) is 4.90 Å². The van der Waals surface area contributed by atoms with Gasteiger partial charge in [0, 0.05) is 18.5 Å². The maximum atomic E-state index is 12.1. The molecule has 1 rings (SSSR count). The zero-order valence-corrected chi connectivity index (χ0v) is 11.8. The van der Waals surface area contributed by atoms with Crippen LogP contribution in [0.4, 0.5) is 0 Å². The maximum absolute atomic E-state index is 12.1. The van der Waals surface area contributed by atoms with Gasteiger partial charge in [-0.25, -0.2) is 8.42 Å². The number of carbonyl (C=O) groups is 1. The van der Waals surface area contributed by atoms with Crippen molar-refractivity contribution in [3.05, 3.63) is 0 Å². The summed E-state index contributed by atoms with van der Waals surface area (Å²) in [5, 5.41) is 0. The van der Waals surface area contributed by atoms with Crippen molar-refractivity contribution in [2.45, 2.75) is 46.1 Å². The quantitative estimate of drug-likeness (QED) is 0.753. The second kappa shape index (κ2) is 5.85. The Labute approximate surface area is 104 Å². The van der Waals surface area contributed by atoms with Gasteiger partial charge < -0.3 is 4.90 Å². The lowest BCUT2D eigenvalue weighted by molar-refractivity contribution is -0.136. The summed E-state index contributed by atoms with van der Waals surface area (Å²) in [7, 11) is -2.92. The molecule has 4 nitrogen and oxygen atoms in total. The highest BCUT2D eigenvalue weighted by atomic mass is 32.2. The molecule has 0 aromatic heterocycles. The Kier molecular flexibility index (Phi) is 4.98. The fraction of sp³-hybridized carbons (Fsp3) is 0.917. The van der Waals surface area contributed by atoms with E-state index in [0.29, 0.717) is 13.0 Å². The van der Waals surface area contributed by atoms with E-state index in [2.05, 4.69) is 6.92 Å². The molecule has 1 unspecified atom stereocenters. The van der Waals surface area contributed by atoms with E-state index in [4.69, 9.17) is 0 Å². The van der Waals surface area contributed by atoms with Gasteiger partial charge in [0.05, 0.1) is 11.5 Å². The number of nitrogens with zero attached hydrogens (tertiary/aromatic N) is 1. The molecule has 0 bridgehead atoms. The van der Waals surface area contributed by atoms with Crippen LogP contribution in [0.15, 0.2) is 0 Å². The third kappa shape index (κ3) is 3.98. The monoisotopic (exact) mass is 261 g/mol. The summed E-state index contributed by atoms with van der Waals surface area (Å²) in [6, 6.07) is -0.0959. The molecule has 17 heavy (non-hydrogen) atoms. The molecule has 5 heteroatoms. The molecule has 1 amide bonds. The minimum absolute atomic E-state index is 0.0600. The summed E-state index contributed by atoms with van der Waals surface area (Å²) in [5.74, 6) is 0.400. The third-order valence-electron chi connectivity index (χ3n) is 3.18. The molecule has 0 aliphatic carbocycles. The summed E-state index contributed by atoms with van der Waals surface area (Å²) in [4.78, 5) is 13.9. The Balaban J connectivity index is 2.73. The van der Waals surface area contributed by atoms with Crippen molar-refractivity contribution in [2.75, 3.05) is 18.1 Å². The minimum Gasteiger partial charge on any atom is -0.338 e. The van der Waals surface area contributed by atoms with E-state index < -0.39 is 9.84 Å². The summed E-state index contributed by atoms with van der Waals surface area (Å²) < 4.78 is 22.9. The Morgan fingerprint density at radius 1 is 1.41 bits per heavy atom. The van der Waals surface area contributed by atoms with E-state index in [-0.39, 0.29) is 29.4 Å². The normalized spacial score (nSPS) is 22.9. The number of carbonyl (C=O) groups excluding carboxylic acids is 1. The van der Waals surface area contributed by atoms with Crippen molar-refractivity contribution in [2.24, 2.45) is 5.92 Å².